The quantitative estimate of drug-likeness (QED) is 0.802. The fourth-order valence-corrected chi connectivity index (χ4v) is 2.42. The van der Waals surface area contributed by atoms with Gasteiger partial charge in [-0.25, -0.2) is 0 Å². The van der Waals surface area contributed by atoms with Crippen LogP contribution in [-0.2, 0) is 5.75 Å². The van der Waals surface area contributed by atoms with Gasteiger partial charge in [0.25, 0.3) is 0 Å². The van der Waals surface area contributed by atoms with E-state index in [4.69, 9.17) is 0 Å². The first-order valence-electron chi connectivity index (χ1n) is 5.74. The third kappa shape index (κ3) is 3.53. The molecule has 1 N–H and O–H groups in total. The van der Waals surface area contributed by atoms with Crippen LogP contribution < -0.4 is 5.32 Å². The number of nitrogens with one attached hydrogen (secondary N) is 1. The standard InChI is InChI=1S/C15H17NS/c1-12-3-9-15(10-4-12)17-11-13-5-7-14(16-2)8-6-13/h3-10,16H,11H2,1-2H3. The van der Waals surface area contributed by atoms with Crippen LogP contribution in [0.15, 0.2) is 53.4 Å². The summed E-state index contributed by atoms with van der Waals surface area (Å²) in [5.74, 6) is 1.02. The normalized spacial score (nSPS) is 10.2. The van der Waals surface area contributed by atoms with Gasteiger partial charge in [0, 0.05) is 23.4 Å². The van der Waals surface area contributed by atoms with Gasteiger partial charge in [0.1, 0.15) is 0 Å². The van der Waals surface area contributed by atoms with Gasteiger partial charge in [-0.15, -0.1) is 11.8 Å². The van der Waals surface area contributed by atoms with Crippen molar-refractivity contribution in [2.24, 2.45) is 0 Å². The lowest BCUT2D eigenvalue weighted by atomic mass is 10.2. The number of hydrogen-bond acceptors (Lipinski definition) is 2. The Morgan fingerprint density at radius 3 is 2.18 bits per heavy atom. The first-order chi connectivity index (χ1) is 8.28. The number of benzene rings is 2. The molecule has 0 saturated carbocycles. The van der Waals surface area contributed by atoms with E-state index in [1.165, 1.54) is 16.0 Å². The smallest absolute Gasteiger partial charge is 0.0337 e. The molecule has 0 saturated heterocycles. The average Bonchev–Trinajstić information content (AvgIpc) is 2.39. The van der Waals surface area contributed by atoms with Gasteiger partial charge in [0.15, 0.2) is 0 Å². The van der Waals surface area contributed by atoms with Crippen LogP contribution in [0.1, 0.15) is 11.1 Å². The zero-order valence-electron chi connectivity index (χ0n) is 10.2. The molecule has 0 unspecified atom stereocenters. The molecule has 0 aliphatic carbocycles. The maximum absolute atomic E-state index is 3.13. The highest BCUT2D eigenvalue weighted by atomic mass is 32.2. The summed E-state index contributed by atoms with van der Waals surface area (Å²) in [6.45, 7) is 2.12. The average molecular weight is 243 g/mol. The van der Waals surface area contributed by atoms with E-state index in [1.807, 2.05) is 18.8 Å². The molecule has 0 radical (unpaired) electrons. The summed E-state index contributed by atoms with van der Waals surface area (Å²) in [4.78, 5) is 1.33. The van der Waals surface area contributed by atoms with E-state index >= 15 is 0 Å². The minimum atomic E-state index is 1.02. The monoisotopic (exact) mass is 243 g/mol. The molecule has 0 aliphatic rings. The van der Waals surface area contributed by atoms with E-state index in [0.717, 1.165) is 11.4 Å². The van der Waals surface area contributed by atoms with Crippen molar-refractivity contribution in [3.63, 3.8) is 0 Å². The predicted molar refractivity (Wildman–Crippen MR) is 76.7 cm³/mol. The first kappa shape index (κ1) is 12.1. The predicted octanol–water partition coefficient (Wildman–Crippen LogP) is 4.33. The number of anilines is 1. The summed E-state index contributed by atoms with van der Waals surface area (Å²) < 4.78 is 0. The van der Waals surface area contributed by atoms with Gasteiger partial charge in [0.05, 0.1) is 0 Å². The molecule has 17 heavy (non-hydrogen) atoms. The Balaban J connectivity index is 1.95. The van der Waals surface area contributed by atoms with Crippen LogP contribution in [0.5, 0.6) is 0 Å². The molecule has 2 heteroatoms. The van der Waals surface area contributed by atoms with Crippen molar-refractivity contribution >= 4 is 17.4 Å². The van der Waals surface area contributed by atoms with Gasteiger partial charge >= 0.3 is 0 Å². The Kier molecular flexibility index (Phi) is 4.10. The molecule has 0 fully saturated rings. The molecule has 0 bridgehead atoms. The van der Waals surface area contributed by atoms with E-state index in [9.17, 15) is 0 Å². The zero-order valence-corrected chi connectivity index (χ0v) is 11.1. The second-order valence-electron chi connectivity index (χ2n) is 4.05. The van der Waals surface area contributed by atoms with Crippen LogP contribution in [0.3, 0.4) is 0 Å². The van der Waals surface area contributed by atoms with Crippen molar-refractivity contribution in [1.29, 1.82) is 0 Å². The molecular weight excluding hydrogens is 226 g/mol. The Morgan fingerprint density at radius 1 is 0.941 bits per heavy atom. The van der Waals surface area contributed by atoms with Crippen LogP contribution in [0.25, 0.3) is 0 Å². The van der Waals surface area contributed by atoms with E-state index in [1.54, 1.807) is 0 Å². The second-order valence-corrected chi connectivity index (χ2v) is 5.10. The molecule has 0 amide bonds. The van der Waals surface area contributed by atoms with Crippen molar-refractivity contribution in [3.8, 4) is 0 Å². The molecule has 0 heterocycles. The highest BCUT2D eigenvalue weighted by molar-refractivity contribution is 7.98. The molecule has 2 aromatic carbocycles. The summed E-state index contributed by atoms with van der Waals surface area (Å²) in [6.07, 6.45) is 0. The molecule has 0 aromatic heterocycles. The number of aryl methyl sites for hydroxylation is 1. The fourth-order valence-electron chi connectivity index (χ4n) is 1.57. The van der Waals surface area contributed by atoms with Crippen LogP contribution in [-0.4, -0.2) is 7.05 Å². The van der Waals surface area contributed by atoms with Crippen molar-refractivity contribution in [3.05, 3.63) is 59.7 Å². The number of hydrogen-bond donors (Lipinski definition) is 1. The summed E-state index contributed by atoms with van der Waals surface area (Å²) >= 11 is 1.88. The van der Waals surface area contributed by atoms with Crippen LogP contribution >= 0.6 is 11.8 Å². The highest BCUT2D eigenvalue weighted by Crippen LogP contribution is 2.23. The molecule has 1 nitrogen and oxygen atoms in total. The van der Waals surface area contributed by atoms with Gasteiger partial charge in [-0.1, -0.05) is 29.8 Å². The molecule has 2 aromatic rings. The molecule has 0 spiro atoms. The van der Waals surface area contributed by atoms with E-state index < -0.39 is 0 Å². The minimum Gasteiger partial charge on any atom is -0.388 e. The van der Waals surface area contributed by atoms with Gasteiger partial charge in [-0.2, -0.15) is 0 Å². The van der Waals surface area contributed by atoms with Gasteiger partial charge in [-0.3, -0.25) is 0 Å². The lowest BCUT2D eigenvalue weighted by molar-refractivity contribution is 1.35. The van der Waals surface area contributed by atoms with Gasteiger partial charge < -0.3 is 5.32 Å². The topological polar surface area (TPSA) is 12.0 Å². The molecule has 0 aliphatic heterocycles. The van der Waals surface area contributed by atoms with Crippen molar-refractivity contribution in [1.82, 2.24) is 0 Å². The summed E-state index contributed by atoms with van der Waals surface area (Å²) in [7, 11) is 1.94. The maximum atomic E-state index is 3.13. The fraction of sp³-hybridized carbons (Fsp3) is 0.200. The van der Waals surface area contributed by atoms with Crippen molar-refractivity contribution in [2.75, 3.05) is 12.4 Å². The Morgan fingerprint density at radius 2 is 1.59 bits per heavy atom. The molecular formula is C15H17NS. The van der Waals surface area contributed by atoms with E-state index in [2.05, 4.69) is 60.8 Å². The maximum Gasteiger partial charge on any atom is 0.0337 e. The van der Waals surface area contributed by atoms with E-state index in [0.29, 0.717) is 0 Å². The summed E-state index contributed by atoms with van der Waals surface area (Å²) in [5.41, 5.74) is 3.83. The zero-order chi connectivity index (χ0) is 12.1. The SMILES string of the molecule is CNc1ccc(CSc2ccc(C)cc2)cc1. The van der Waals surface area contributed by atoms with Crippen molar-refractivity contribution in [2.45, 2.75) is 17.6 Å². The molecule has 88 valence electrons. The van der Waals surface area contributed by atoms with Gasteiger partial charge in [0.2, 0.25) is 0 Å². The third-order valence-corrected chi connectivity index (χ3v) is 3.75. The Hall–Kier alpha value is -1.41. The lowest BCUT2D eigenvalue weighted by Crippen LogP contribution is -1.87. The number of thioether (sulfide) groups is 1. The van der Waals surface area contributed by atoms with Crippen LogP contribution in [0, 0.1) is 6.92 Å². The van der Waals surface area contributed by atoms with E-state index in [-0.39, 0.29) is 0 Å². The van der Waals surface area contributed by atoms with Crippen molar-refractivity contribution < 1.29 is 0 Å². The van der Waals surface area contributed by atoms with Crippen LogP contribution in [0.4, 0.5) is 5.69 Å². The van der Waals surface area contributed by atoms with Crippen LogP contribution in [0.2, 0.25) is 0 Å². The summed E-state index contributed by atoms with van der Waals surface area (Å²) in [6, 6.07) is 17.3. The minimum absolute atomic E-state index is 1.02. The summed E-state index contributed by atoms with van der Waals surface area (Å²) in [5, 5.41) is 3.13. The molecule has 2 rings (SSSR count). The Bertz CT molecular complexity index is 459. The first-order valence-corrected chi connectivity index (χ1v) is 6.72. The lowest BCUT2D eigenvalue weighted by Gasteiger charge is -2.04. The largest absolute Gasteiger partial charge is 0.388 e. The molecule has 0 atom stereocenters. The van der Waals surface area contributed by atoms with Gasteiger partial charge in [-0.05, 0) is 36.8 Å². The second kappa shape index (κ2) is 5.78. The third-order valence-electron chi connectivity index (χ3n) is 2.67. The number of rotatable bonds is 4. The highest BCUT2D eigenvalue weighted by Gasteiger charge is 1.96. The Labute approximate surface area is 107 Å².